The van der Waals surface area contributed by atoms with E-state index in [-0.39, 0.29) is 6.61 Å². The molecule has 0 aliphatic heterocycles. The number of aryl methyl sites for hydroxylation is 2. The fourth-order valence-corrected chi connectivity index (χ4v) is 2.45. The molecule has 0 aromatic carbocycles. The molecule has 0 spiro atoms. The average Bonchev–Trinajstić information content (AvgIpc) is 2.66. The van der Waals surface area contributed by atoms with Crippen LogP contribution >= 0.6 is 0 Å². The van der Waals surface area contributed by atoms with Gasteiger partial charge in [-0.15, -0.1) is 0 Å². The van der Waals surface area contributed by atoms with Crippen LogP contribution in [0.15, 0.2) is 12.4 Å². The Morgan fingerprint density at radius 3 is 2.76 bits per heavy atom. The molecule has 2 rings (SSSR count). The second kappa shape index (κ2) is 6.01. The molecule has 17 heavy (non-hydrogen) atoms. The van der Waals surface area contributed by atoms with E-state index in [1.54, 1.807) is 0 Å². The minimum absolute atomic E-state index is 0.278. The van der Waals surface area contributed by atoms with Gasteiger partial charge in [0.15, 0.2) is 5.78 Å². The predicted octanol–water partition coefficient (Wildman–Crippen LogP) is 2.56. The molecular formula is C14H21NO2. The van der Waals surface area contributed by atoms with Crippen LogP contribution in [0, 0.1) is 0 Å². The van der Waals surface area contributed by atoms with Gasteiger partial charge in [0, 0.05) is 37.5 Å². The van der Waals surface area contributed by atoms with E-state index in [2.05, 4.69) is 10.8 Å². The van der Waals surface area contributed by atoms with Crippen LogP contribution < -0.4 is 0 Å². The van der Waals surface area contributed by atoms with Crippen molar-refractivity contribution in [2.45, 2.75) is 51.5 Å². The highest BCUT2D eigenvalue weighted by atomic mass is 16.2. The standard InChI is InChI=1S/C14H21NO2/c16-9-5-1-4-8-15-10-12-6-2-3-7-14(17)13(12)11-15/h10-11,16H,1-9H2. The fourth-order valence-electron chi connectivity index (χ4n) is 2.45. The maximum Gasteiger partial charge on any atom is 0.164 e. The summed E-state index contributed by atoms with van der Waals surface area (Å²) in [7, 11) is 0. The van der Waals surface area contributed by atoms with Gasteiger partial charge in [0.2, 0.25) is 0 Å². The van der Waals surface area contributed by atoms with E-state index < -0.39 is 0 Å². The van der Waals surface area contributed by atoms with E-state index >= 15 is 0 Å². The number of hydrogen-bond donors (Lipinski definition) is 1. The van der Waals surface area contributed by atoms with Crippen LogP contribution in [0.1, 0.15) is 54.4 Å². The molecule has 3 heteroatoms. The maximum atomic E-state index is 11.8. The molecule has 0 saturated carbocycles. The number of nitrogens with zero attached hydrogens (tertiary/aromatic N) is 1. The number of aromatic nitrogens is 1. The molecule has 0 fully saturated rings. The molecule has 0 bridgehead atoms. The van der Waals surface area contributed by atoms with Crippen LogP contribution in [0.25, 0.3) is 0 Å². The SMILES string of the molecule is O=C1CCCCc2cn(CCCCCO)cc21. The van der Waals surface area contributed by atoms with E-state index in [1.807, 2.05) is 6.20 Å². The number of hydrogen-bond acceptors (Lipinski definition) is 2. The predicted molar refractivity (Wildman–Crippen MR) is 67.3 cm³/mol. The van der Waals surface area contributed by atoms with Gasteiger partial charge in [-0.3, -0.25) is 4.79 Å². The molecule has 1 aromatic heterocycles. The fraction of sp³-hybridized carbons (Fsp3) is 0.643. The summed E-state index contributed by atoms with van der Waals surface area (Å²) >= 11 is 0. The highest BCUT2D eigenvalue weighted by Gasteiger charge is 2.17. The van der Waals surface area contributed by atoms with Gasteiger partial charge in [0.1, 0.15) is 0 Å². The smallest absolute Gasteiger partial charge is 0.164 e. The number of rotatable bonds is 5. The molecule has 0 amide bonds. The normalized spacial score (nSPS) is 15.7. The summed E-state index contributed by atoms with van der Waals surface area (Å²) in [5.74, 6) is 0.312. The first-order valence-electron chi connectivity index (χ1n) is 6.64. The third-order valence-corrected chi connectivity index (χ3v) is 3.44. The van der Waals surface area contributed by atoms with Gasteiger partial charge in [-0.25, -0.2) is 0 Å². The minimum atomic E-state index is 0.278. The molecule has 1 aliphatic rings. The lowest BCUT2D eigenvalue weighted by Crippen LogP contribution is -1.98. The first kappa shape index (κ1) is 12.4. The molecule has 0 saturated heterocycles. The summed E-state index contributed by atoms with van der Waals surface area (Å²) in [6.07, 6.45) is 11.1. The van der Waals surface area contributed by atoms with E-state index in [0.717, 1.165) is 50.6 Å². The zero-order chi connectivity index (χ0) is 12.1. The molecule has 1 aliphatic carbocycles. The summed E-state index contributed by atoms with van der Waals surface area (Å²) in [6.45, 7) is 1.24. The van der Waals surface area contributed by atoms with Crippen molar-refractivity contribution in [2.75, 3.05) is 6.61 Å². The molecular weight excluding hydrogens is 214 g/mol. The topological polar surface area (TPSA) is 42.2 Å². The minimum Gasteiger partial charge on any atom is -0.396 e. The number of aliphatic hydroxyl groups is 1. The molecule has 1 heterocycles. The van der Waals surface area contributed by atoms with Crippen LogP contribution in [-0.4, -0.2) is 22.1 Å². The zero-order valence-corrected chi connectivity index (χ0v) is 10.3. The first-order chi connectivity index (χ1) is 8.31. The monoisotopic (exact) mass is 235 g/mol. The van der Waals surface area contributed by atoms with Crippen molar-refractivity contribution in [1.29, 1.82) is 0 Å². The van der Waals surface area contributed by atoms with Crippen LogP contribution in [0.3, 0.4) is 0 Å². The third-order valence-electron chi connectivity index (χ3n) is 3.44. The van der Waals surface area contributed by atoms with Gasteiger partial charge >= 0.3 is 0 Å². The van der Waals surface area contributed by atoms with Crippen molar-refractivity contribution < 1.29 is 9.90 Å². The lowest BCUT2D eigenvalue weighted by Gasteiger charge is -2.02. The molecule has 0 radical (unpaired) electrons. The lowest BCUT2D eigenvalue weighted by molar-refractivity contribution is 0.0982. The van der Waals surface area contributed by atoms with Crippen molar-refractivity contribution in [2.24, 2.45) is 0 Å². The number of unbranched alkanes of at least 4 members (excludes halogenated alkanes) is 2. The summed E-state index contributed by atoms with van der Waals surface area (Å²) in [5.41, 5.74) is 2.18. The summed E-state index contributed by atoms with van der Waals surface area (Å²) in [6, 6.07) is 0. The number of fused-ring (bicyclic) bond motifs is 1. The molecule has 1 N–H and O–H groups in total. The lowest BCUT2D eigenvalue weighted by atomic mass is 10.1. The Kier molecular flexibility index (Phi) is 4.37. The highest BCUT2D eigenvalue weighted by Crippen LogP contribution is 2.21. The van der Waals surface area contributed by atoms with Crippen molar-refractivity contribution in [3.63, 3.8) is 0 Å². The van der Waals surface area contributed by atoms with Crippen LogP contribution in [0.4, 0.5) is 0 Å². The molecule has 1 aromatic rings. The third kappa shape index (κ3) is 3.19. The average molecular weight is 235 g/mol. The van der Waals surface area contributed by atoms with Crippen LogP contribution in [-0.2, 0) is 13.0 Å². The Morgan fingerprint density at radius 2 is 1.94 bits per heavy atom. The van der Waals surface area contributed by atoms with Gasteiger partial charge in [-0.1, -0.05) is 0 Å². The van der Waals surface area contributed by atoms with Gasteiger partial charge in [-0.05, 0) is 44.1 Å². The van der Waals surface area contributed by atoms with E-state index in [0.29, 0.717) is 12.2 Å². The second-order valence-electron chi connectivity index (χ2n) is 4.85. The Labute approximate surface area is 102 Å². The first-order valence-corrected chi connectivity index (χ1v) is 6.64. The summed E-state index contributed by atoms with van der Waals surface area (Å²) < 4.78 is 2.14. The van der Waals surface area contributed by atoms with Crippen LogP contribution in [0.5, 0.6) is 0 Å². The number of aliphatic hydroxyl groups excluding tert-OH is 1. The molecule has 3 nitrogen and oxygen atoms in total. The molecule has 0 atom stereocenters. The van der Waals surface area contributed by atoms with Crippen molar-refractivity contribution in [1.82, 2.24) is 4.57 Å². The number of carbonyl (C=O) groups is 1. The summed E-state index contributed by atoms with van der Waals surface area (Å²) in [5, 5.41) is 8.71. The number of Topliss-reactive ketones (excluding diaryl/α,β-unsaturated/α-hetero) is 1. The van der Waals surface area contributed by atoms with E-state index in [1.165, 1.54) is 5.56 Å². The number of ketones is 1. The van der Waals surface area contributed by atoms with Gasteiger partial charge in [0.25, 0.3) is 0 Å². The van der Waals surface area contributed by atoms with E-state index in [9.17, 15) is 4.79 Å². The van der Waals surface area contributed by atoms with Crippen LogP contribution in [0.2, 0.25) is 0 Å². The Morgan fingerprint density at radius 1 is 1.12 bits per heavy atom. The van der Waals surface area contributed by atoms with E-state index in [4.69, 9.17) is 5.11 Å². The van der Waals surface area contributed by atoms with Gasteiger partial charge < -0.3 is 9.67 Å². The Bertz CT molecular complexity index is 382. The molecule has 0 unspecified atom stereocenters. The Hall–Kier alpha value is -1.09. The zero-order valence-electron chi connectivity index (χ0n) is 10.3. The highest BCUT2D eigenvalue weighted by molar-refractivity contribution is 5.97. The largest absolute Gasteiger partial charge is 0.396 e. The van der Waals surface area contributed by atoms with Gasteiger partial charge in [-0.2, -0.15) is 0 Å². The quantitative estimate of drug-likeness (QED) is 0.629. The van der Waals surface area contributed by atoms with Crippen molar-refractivity contribution in [3.05, 3.63) is 23.5 Å². The summed E-state index contributed by atoms with van der Waals surface area (Å²) in [4.78, 5) is 11.8. The number of carbonyl (C=O) groups excluding carboxylic acids is 1. The molecule has 94 valence electrons. The Balaban J connectivity index is 1.96. The maximum absolute atomic E-state index is 11.8. The van der Waals surface area contributed by atoms with Gasteiger partial charge in [0.05, 0.1) is 0 Å². The second-order valence-corrected chi connectivity index (χ2v) is 4.85. The van der Waals surface area contributed by atoms with Crippen molar-refractivity contribution in [3.8, 4) is 0 Å². The van der Waals surface area contributed by atoms with Crippen molar-refractivity contribution >= 4 is 5.78 Å².